The molecule has 0 saturated heterocycles. The molecule has 0 aliphatic carbocycles. The predicted molar refractivity (Wildman–Crippen MR) is 236 cm³/mol. The molecule has 0 aliphatic rings. The van der Waals surface area contributed by atoms with Crippen LogP contribution in [0, 0.1) is 0 Å². The zero-order valence-electron chi connectivity index (χ0n) is 31.0. The standard InChI is InChI=1S/C52H31N5O/c1-2-14-34(15-3-1)47-48-45(41-18-8-10-20-43(41)53-47)46-42-19-9-11-21-44(42)57(52(46)58-48)40-28-26-35(27-29-40)49-54-50(38-24-22-32-12-4-6-16-36(32)30-38)56-51(55-49)39-25-23-33-13-5-7-17-37(33)31-39/h1-31H. The van der Waals surface area contributed by atoms with E-state index >= 15 is 0 Å². The van der Waals surface area contributed by atoms with Gasteiger partial charge in [-0.05, 0) is 70.1 Å². The van der Waals surface area contributed by atoms with Crippen LogP contribution in [0.1, 0.15) is 0 Å². The van der Waals surface area contributed by atoms with Crippen molar-refractivity contribution >= 4 is 65.4 Å². The van der Waals surface area contributed by atoms with Gasteiger partial charge in [-0.1, -0.05) is 140 Å². The summed E-state index contributed by atoms with van der Waals surface area (Å²) in [5, 5.41) is 8.93. The Morgan fingerprint density at radius 3 is 1.59 bits per heavy atom. The summed E-state index contributed by atoms with van der Waals surface area (Å²) in [6.07, 6.45) is 0. The lowest BCUT2D eigenvalue weighted by Crippen LogP contribution is -2.00. The van der Waals surface area contributed by atoms with E-state index in [1.54, 1.807) is 0 Å². The zero-order valence-corrected chi connectivity index (χ0v) is 31.0. The minimum Gasteiger partial charge on any atom is -0.437 e. The van der Waals surface area contributed by atoms with Crippen LogP contribution < -0.4 is 0 Å². The molecule has 0 spiro atoms. The Morgan fingerprint density at radius 1 is 0.379 bits per heavy atom. The predicted octanol–water partition coefficient (Wildman–Crippen LogP) is 13.2. The van der Waals surface area contributed by atoms with E-state index in [9.17, 15) is 0 Å². The highest BCUT2D eigenvalue weighted by molar-refractivity contribution is 6.28. The van der Waals surface area contributed by atoms with Crippen LogP contribution in [0.5, 0.6) is 0 Å². The number of rotatable bonds is 5. The summed E-state index contributed by atoms with van der Waals surface area (Å²) in [7, 11) is 0. The Morgan fingerprint density at radius 2 is 0.914 bits per heavy atom. The van der Waals surface area contributed by atoms with E-state index in [0.29, 0.717) is 17.5 Å². The largest absolute Gasteiger partial charge is 0.437 e. The van der Waals surface area contributed by atoms with E-state index in [2.05, 4.69) is 168 Å². The number of aromatic nitrogens is 5. The lowest BCUT2D eigenvalue weighted by Gasteiger charge is -2.11. The highest BCUT2D eigenvalue weighted by atomic mass is 16.3. The highest BCUT2D eigenvalue weighted by Crippen LogP contribution is 2.44. The molecule has 0 fully saturated rings. The summed E-state index contributed by atoms with van der Waals surface area (Å²) >= 11 is 0. The number of furan rings is 1. The van der Waals surface area contributed by atoms with E-state index < -0.39 is 0 Å². The van der Waals surface area contributed by atoms with Crippen LogP contribution in [0.15, 0.2) is 192 Å². The first-order valence-electron chi connectivity index (χ1n) is 19.4. The fourth-order valence-electron chi connectivity index (χ4n) is 8.42. The molecule has 12 aromatic rings. The average Bonchev–Trinajstić information content (AvgIpc) is 3.84. The zero-order chi connectivity index (χ0) is 38.2. The fourth-order valence-corrected chi connectivity index (χ4v) is 8.42. The van der Waals surface area contributed by atoms with Gasteiger partial charge in [0.25, 0.3) is 0 Å². The molecule has 0 aliphatic heterocycles. The molecule has 0 radical (unpaired) electrons. The third-order valence-electron chi connectivity index (χ3n) is 11.2. The Hall–Kier alpha value is -7.96. The van der Waals surface area contributed by atoms with Gasteiger partial charge in [0.2, 0.25) is 5.71 Å². The molecular formula is C52H31N5O. The van der Waals surface area contributed by atoms with Gasteiger partial charge >= 0.3 is 0 Å². The lowest BCUT2D eigenvalue weighted by atomic mass is 10.0. The molecule has 58 heavy (non-hydrogen) atoms. The average molecular weight is 742 g/mol. The molecule has 270 valence electrons. The first-order valence-corrected chi connectivity index (χ1v) is 19.4. The summed E-state index contributed by atoms with van der Waals surface area (Å²) in [5.41, 5.74) is 9.10. The Balaban J connectivity index is 1.04. The van der Waals surface area contributed by atoms with Crippen molar-refractivity contribution in [3.05, 3.63) is 188 Å². The Kier molecular flexibility index (Phi) is 7.13. The van der Waals surface area contributed by atoms with E-state index in [4.69, 9.17) is 24.4 Å². The number of fused-ring (bicyclic) bond motifs is 9. The van der Waals surface area contributed by atoms with Crippen molar-refractivity contribution in [2.75, 3.05) is 0 Å². The minimum atomic E-state index is 0.601. The quantitative estimate of drug-likeness (QED) is 0.176. The molecule has 0 atom stereocenters. The maximum absolute atomic E-state index is 6.99. The maximum atomic E-state index is 6.99. The molecule has 0 N–H and O–H groups in total. The molecule has 4 heterocycles. The van der Waals surface area contributed by atoms with Crippen LogP contribution in [0.3, 0.4) is 0 Å². The molecule has 12 rings (SSSR count). The van der Waals surface area contributed by atoms with Crippen molar-refractivity contribution in [3.63, 3.8) is 0 Å². The first kappa shape index (κ1) is 32.3. The Bertz CT molecular complexity index is 3470. The molecule has 0 saturated carbocycles. The van der Waals surface area contributed by atoms with Crippen molar-refractivity contribution in [2.45, 2.75) is 0 Å². The van der Waals surface area contributed by atoms with E-state index in [1.807, 2.05) is 24.3 Å². The highest BCUT2D eigenvalue weighted by Gasteiger charge is 2.24. The van der Waals surface area contributed by atoms with Crippen LogP contribution in [-0.2, 0) is 0 Å². The van der Waals surface area contributed by atoms with Gasteiger partial charge in [-0.25, -0.2) is 19.9 Å². The van der Waals surface area contributed by atoms with Crippen molar-refractivity contribution < 1.29 is 4.42 Å². The number of hydrogen-bond donors (Lipinski definition) is 0. The van der Waals surface area contributed by atoms with Gasteiger partial charge in [-0.15, -0.1) is 0 Å². The molecule has 0 bridgehead atoms. The van der Waals surface area contributed by atoms with Gasteiger partial charge in [0.1, 0.15) is 5.69 Å². The van der Waals surface area contributed by atoms with E-state index in [0.717, 1.165) is 88.3 Å². The summed E-state index contributed by atoms with van der Waals surface area (Å²) in [5.74, 6) is 1.85. The molecule has 8 aromatic carbocycles. The van der Waals surface area contributed by atoms with Gasteiger partial charge in [0, 0.05) is 44.1 Å². The van der Waals surface area contributed by atoms with Crippen molar-refractivity contribution in [1.82, 2.24) is 24.5 Å². The first-order chi connectivity index (χ1) is 28.7. The normalized spacial score (nSPS) is 11.8. The summed E-state index contributed by atoms with van der Waals surface area (Å²) in [6, 6.07) is 65.0. The van der Waals surface area contributed by atoms with Gasteiger partial charge in [0.05, 0.1) is 16.4 Å². The van der Waals surface area contributed by atoms with E-state index in [-0.39, 0.29) is 0 Å². The number of benzene rings is 8. The SMILES string of the molecule is c1ccc(-c2nc3ccccc3c3c2oc2c3c3ccccc3n2-c2ccc(-c3nc(-c4ccc5ccccc5c4)nc(-c4ccc5ccccc5c4)n3)cc2)cc1. The summed E-state index contributed by atoms with van der Waals surface area (Å²) in [6.45, 7) is 0. The van der Waals surface area contributed by atoms with Crippen LogP contribution in [0.4, 0.5) is 0 Å². The number of nitrogens with zero attached hydrogens (tertiary/aromatic N) is 5. The van der Waals surface area contributed by atoms with Crippen LogP contribution in [-0.4, -0.2) is 24.5 Å². The van der Waals surface area contributed by atoms with Crippen LogP contribution in [0.2, 0.25) is 0 Å². The smallest absolute Gasteiger partial charge is 0.213 e. The number of pyridine rings is 1. The second-order valence-corrected chi connectivity index (χ2v) is 14.7. The number of para-hydroxylation sites is 2. The van der Waals surface area contributed by atoms with Crippen molar-refractivity contribution in [1.29, 1.82) is 0 Å². The van der Waals surface area contributed by atoms with Gasteiger partial charge < -0.3 is 4.42 Å². The van der Waals surface area contributed by atoms with Crippen molar-refractivity contribution in [3.8, 4) is 51.1 Å². The fraction of sp³-hybridized carbons (Fsp3) is 0. The molecular weight excluding hydrogens is 711 g/mol. The van der Waals surface area contributed by atoms with Crippen molar-refractivity contribution in [2.24, 2.45) is 0 Å². The van der Waals surface area contributed by atoms with Gasteiger partial charge in [-0.3, -0.25) is 4.57 Å². The molecule has 4 aromatic heterocycles. The van der Waals surface area contributed by atoms with Crippen LogP contribution >= 0.6 is 0 Å². The second-order valence-electron chi connectivity index (χ2n) is 14.7. The summed E-state index contributed by atoms with van der Waals surface area (Å²) in [4.78, 5) is 20.4. The summed E-state index contributed by atoms with van der Waals surface area (Å²) < 4.78 is 9.20. The lowest BCUT2D eigenvalue weighted by molar-refractivity contribution is 0.645. The topological polar surface area (TPSA) is 69.6 Å². The Labute approximate surface area is 332 Å². The molecule has 0 amide bonds. The molecule has 6 nitrogen and oxygen atoms in total. The minimum absolute atomic E-state index is 0.601. The monoisotopic (exact) mass is 741 g/mol. The maximum Gasteiger partial charge on any atom is 0.213 e. The van der Waals surface area contributed by atoms with E-state index in [1.165, 1.54) is 10.8 Å². The third-order valence-corrected chi connectivity index (χ3v) is 11.2. The van der Waals surface area contributed by atoms with Crippen LogP contribution in [0.25, 0.3) is 117 Å². The number of hydrogen-bond acceptors (Lipinski definition) is 5. The molecule has 0 unspecified atom stereocenters. The third kappa shape index (κ3) is 5.12. The van der Waals surface area contributed by atoms with Gasteiger partial charge in [-0.2, -0.15) is 0 Å². The molecule has 6 heteroatoms. The second kappa shape index (κ2) is 12.8. The van der Waals surface area contributed by atoms with Gasteiger partial charge in [0.15, 0.2) is 23.1 Å².